The molecule has 1 rings (SSSR count). The summed E-state index contributed by atoms with van der Waals surface area (Å²) in [6.07, 6.45) is 19.3. The second-order valence-electron chi connectivity index (χ2n) is 9.92. The van der Waals surface area contributed by atoms with Crippen LogP contribution < -0.4 is 20.9 Å². The predicted molar refractivity (Wildman–Crippen MR) is 152 cm³/mol. The zero-order valence-corrected chi connectivity index (χ0v) is 23.4. The summed E-state index contributed by atoms with van der Waals surface area (Å²) in [6.45, 7) is 8.40. The molecular formula is C28H54N6O. The highest BCUT2D eigenvalue weighted by molar-refractivity contribution is 6.00. The number of unbranched alkanes of at least 4 members (excludes halogenated alkanes) is 11. The van der Waals surface area contributed by atoms with Crippen molar-refractivity contribution in [2.75, 3.05) is 42.7 Å². The van der Waals surface area contributed by atoms with Crippen LogP contribution in [0, 0.1) is 0 Å². The summed E-state index contributed by atoms with van der Waals surface area (Å²) in [5.41, 5.74) is 0.679. The summed E-state index contributed by atoms with van der Waals surface area (Å²) in [6, 6.07) is -0.199. The van der Waals surface area contributed by atoms with Crippen molar-refractivity contribution >= 4 is 23.2 Å². The molecule has 1 aromatic heterocycles. The van der Waals surface area contributed by atoms with Gasteiger partial charge in [0.1, 0.15) is 12.0 Å². The van der Waals surface area contributed by atoms with Crippen LogP contribution in [0.3, 0.4) is 0 Å². The van der Waals surface area contributed by atoms with Gasteiger partial charge in [-0.2, -0.15) is 0 Å². The fourth-order valence-corrected chi connectivity index (χ4v) is 4.22. The summed E-state index contributed by atoms with van der Waals surface area (Å²) in [7, 11) is 3.89. The second kappa shape index (κ2) is 20.3. The predicted octanol–water partition coefficient (Wildman–Crippen LogP) is 6.76. The van der Waals surface area contributed by atoms with E-state index >= 15 is 0 Å². The average Bonchev–Trinajstić information content (AvgIpc) is 2.85. The molecule has 7 nitrogen and oxygen atoms in total. The van der Waals surface area contributed by atoms with Gasteiger partial charge >= 0.3 is 0 Å². The number of amides is 1. The molecular weight excluding hydrogens is 436 g/mol. The van der Waals surface area contributed by atoms with Gasteiger partial charge in [-0.1, -0.05) is 97.8 Å². The molecule has 7 heteroatoms. The van der Waals surface area contributed by atoms with Crippen LogP contribution in [-0.4, -0.2) is 49.1 Å². The normalized spacial score (nSPS) is 11.9. The van der Waals surface area contributed by atoms with Crippen LogP contribution in [-0.2, 0) is 4.79 Å². The van der Waals surface area contributed by atoms with Crippen LogP contribution in [0.15, 0.2) is 6.33 Å². The number of carbonyl (C=O) groups excluding carboxylic acids is 1. The van der Waals surface area contributed by atoms with E-state index in [1.807, 2.05) is 19.0 Å². The van der Waals surface area contributed by atoms with Crippen LogP contribution in [0.5, 0.6) is 0 Å². The average molecular weight is 491 g/mol. The molecule has 1 aromatic rings. The Hall–Kier alpha value is -1.89. The molecule has 202 valence electrons. The summed E-state index contributed by atoms with van der Waals surface area (Å²) in [5.74, 6) is 1.45. The van der Waals surface area contributed by atoms with E-state index in [4.69, 9.17) is 0 Å². The van der Waals surface area contributed by atoms with Crippen LogP contribution in [0.1, 0.15) is 117 Å². The highest BCUT2D eigenvalue weighted by Crippen LogP contribution is 2.29. The topological polar surface area (TPSA) is 82.2 Å². The molecule has 0 aliphatic carbocycles. The van der Waals surface area contributed by atoms with E-state index in [0.29, 0.717) is 11.5 Å². The van der Waals surface area contributed by atoms with Gasteiger partial charge in [-0.15, -0.1) is 0 Å². The van der Waals surface area contributed by atoms with Gasteiger partial charge in [0.15, 0.2) is 11.6 Å². The highest BCUT2D eigenvalue weighted by atomic mass is 16.2. The van der Waals surface area contributed by atoms with E-state index in [2.05, 4.69) is 46.7 Å². The van der Waals surface area contributed by atoms with Crippen LogP contribution in [0.4, 0.5) is 17.3 Å². The standard InChI is InChI=1S/C28H54N6O/c1-6-9-12-15-16-17-20-24(29-21-18-13-10-7-2)28(35)33-25-26(30-22-19-14-11-8-3)31-23-32-27(25)34(4)5/h23-24,29H,6-22H2,1-5H3,(H,33,35)(H,30,31,32). The van der Waals surface area contributed by atoms with Gasteiger partial charge in [-0.05, 0) is 25.8 Å². The van der Waals surface area contributed by atoms with Crippen molar-refractivity contribution in [3.63, 3.8) is 0 Å². The summed E-state index contributed by atoms with van der Waals surface area (Å²) >= 11 is 0. The monoisotopic (exact) mass is 490 g/mol. The molecule has 1 amide bonds. The second-order valence-corrected chi connectivity index (χ2v) is 9.92. The largest absolute Gasteiger partial charge is 0.368 e. The van der Waals surface area contributed by atoms with E-state index in [1.165, 1.54) is 70.6 Å². The van der Waals surface area contributed by atoms with Crippen molar-refractivity contribution in [3.8, 4) is 0 Å². The fraction of sp³-hybridized carbons (Fsp3) is 0.821. The molecule has 0 aliphatic rings. The van der Waals surface area contributed by atoms with Gasteiger partial charge in [0.2, 0.25) is 5.91 Å². The lowest BCUT2D eigenvalue weighted by atomic mass is 10.0. The first-order chi connectivity index (χ1) is 17.0. The van der Waals surface area contributed by atoms with E-state index in [1.54, 1.807) is 6.33 Å². The minimum atomic E-state index is -0.199. The SMILES string of the molecule is CCCCCCCCC(NCCCCCC)C(=O)Nc1c(NCCCCCC)ncnc1N(C)C. The first kappa shape index (κ1) is 31.1. The number of carbonyl (C=O) groups is 1. The molecule has 0 bridgehead atoms. The number of nitrogens with one attached hydrogen (secondary N) is 3. The summed E-state index contributed by atoms with van der Waals surface area (Å²) < 4.78 is 0. The van der Waals surface area contributed by atoms with Crippen LogP contribution >= 0.6 is 0 Å². The molecule has 0 aliphatic heterocycles. The number of aromatic nitrogens is 2. The Labute approximate surface area is 215 Å². The van der Waals surface area contributed by atoms with Gasteiger partial charge in [0, 0.05) is 20.6 Å². The van der Waals surface area contributed by atoms with Crippen molar-refractivity contribution in [1.82, 2.24) is 15.3 Å². The van der Waals surface area contributed by atoms with Gasteiger partial charge in [0.25, 0.3) is 0 Å². The summed E-state index contributed by atoms with van der Waals surface area (Å²) in [5, 5.41) is 10.2. The molecule has 1 atom stereocenters. The maximum Gasteiger partial charge on any atom is 0.241 e. The minimum Gasteiger partial charge on any atom is -0.368 e. The van der Waals surface area contributed by atoms with Gasteiger partial charge in [-0.3, -0.25) is 4.79 Å². The molecule has 1 heterocycles. The molecule has 3 N–H and O–H groups in total. The Balaban J connectivity index is 2.84. The molecule has 0 radical (unpaired) electrons. The Morgan fingerprint density at radius 2 is 1.37 bits per heavy atom. The number of anilines is 3. The molecule has 0 saturated heterocycles. The van der Waals surface area contributed by atoms with Crippen LogP contribution in [0.2, 0.25) is 0 Å². The lowest BCUT2D eigenvalue weighted by molar-refractivity contribution is -0.118. The molecule has 0 saturated carbocycles. The molecule has 0 fully saturated rings. The lowest BCUT2D eigenvalue weighted by Gasteiger charge is -2.23. The van der Waals surface area contributed by atoms with Gasteiger partial charge < -0.3 is 20.9 Å². The smallest absolute Gasteiger partial charge is 0.241 e. The third kappa shape index (κ3) is 13.7. The Bertz CT molecular complexity index is 667. The molecule has 35 heavy (non-hydrogen) atoms. The zero-order valence-electron chi connectivity index (χ0n) is 23.4. The molecule has 0 spiro atoms. The Morgan fingerprint density at radius 1 is 0.800 bits per heavy atom. The maximum absolute atomic E-state index is 13.5. The number of nitrogens with zero attached hydrogens (tertiary/aromatic N) is 3. The summed E-state index contributed by atoms with van der Waals surface area (Å²) in [4.78, 5) is 24.3. The highest BCUT2D eigenvalue weighted by Gasteiger charge is 2.22. The lowest BCUT2D eigenvalue weighted by Crippen LogP contribution is -2.41. The fourth-order valence-electron chi connectivity index (χ4n) is 4.22. The number of rotatable bonds is 22. The van der Waals surface area contributed by atoms with E-state index in [9.17, 15) is 4.79 Å². The van der Waals surface area contributed by atoms with Crippen molar-refractivity contribution in [2.45, 2.75) is 123 Å². The third-order valence-corrected chi connectivity index (χ3v) is 6.41. The Kier molecular flexibility index (Phi) is 18.1. The van der Waals surface area contributed by atoms with Crippen molar-refractivity contribution in [1.29, 1.82) is 0 Å². The molecule has 1 unspecified atom stereocenters. The number of hydrogen-bond donors (Lipinski definition) is 3. The minimum absolute atomic E-state index is 0.0148. The Morgan fingerprint density at radius 3 is 2.00 bits per heavy atom. The van der Waals surface area contributed by atoms with Crippen molar-refractivity contribution in [3.05, 3.63) is 6.33 Å². The maximum atomic E-state index is 13.5. The third-order valence-electron chi connectivity index (χ3n) is 6.41. The van der Waals surface area contributed by atoms with Crippen LogP contribution in [0.25, 0.3) is 0 Å². The first-order valence-electron chi connectivity index (χ1n) is 14.3. The van der Waals surface area contributed by atoms with E-state index < -0.39 is 0 Å². The quantitative estimate of drug-likeness (QED) is 0.156. The van der Waals surface area contributed by atoms with E-state index in [0.717, 1.165) is 44.6 Å². The van der Waals surface area contributed by atoms with Gasteiger partial charge in [-0.25, -0.2) is 9.97 Å². The van der Waals surface area contributed by atoms with E-state index in [-0.39, 0.29) is 11.9 Å². The van der Waals surface area contributed by atoms with Gasteiger partial charge in [0.05, 0.1) is 6.04 Å². The zero-order chi connectivity index (χ0) is 25.7. The molecule has 0 aromatic carbocycles. The van der Waals surface area contributed by atoms with Crippen molar-refractivity contribution < 1.29 is 4.79 Å². The van der Waals surface area contributed by atoms with Crippen molar-refractivity contribution in [2.24, 2.45) is 0 Å². The first-order valence-corrected chi connectivity index (χ1v) is 14.3. The number of hydrogen-bond acceptors (Lipinski definition) is 6.